The van der Waals surface area contributed by atoms with Crippen molar-refractivity contribution in [1.29, 1.82) is 0 Å². The van der Waals surface area contributed by atoms with E-state index in [0.717, 1.165) is 0 Å². The average Bonchev–Trinajstić information content (AvgIpc) is 2.77. The third-order valence-electron chi connectivity index (χ3n) is 3.17. The number of aliphatic carboxylic acids is 1. The molecule has 1 fully saturated rings. The van der Waals surface area contributed by atoms with Gasteiger partial charge in [-0.1, -0.05) is 25.0 Å². The quantitative estimate of drug-likeness (QED) is 0.760. The van der Waals surface area contributed by atoms with Crippen LogP contribution in [0, 0.1) is 5.92 Å². The lowest BCUT2D eigenvalue weighted by Crippen LogP contribution is -2.43. The van der Waals surface area contributed by atoms with Crippen LogP contribution >= 0.6 is 0 Å². The van der Waals surface area contributed by atoms with Gasteiger partial charge in [-0.15, -0.1) is 0 Å². The van der Waals surface area contributed by atoms with Crippen LogP contribution in [0.1, 0.15) is 52.9 Å². The smallest absolute Gasteiger partial charge is 0.408 e. The van der Waals surface area contributed by atoms with Crippen molar-refractivity contribution in [2.24, 2.45) is 5.92 Å². The van der Waals surface area contributed by atoms with Crippen LogP contribution in [-0.4, -0.2) is 28.8 Å². The Balaban J connectivity index is 2.43. The summed E-state index contributed by atoms with van der Waals surface area (Å²) in [4.78, 5) is 22.7. The Labute approximate surface area is 120 Å². The third-order valence-corrected chi connectivity index (χ3v) is 3.17. The summed E-state index contributed by atoms with van der Waals surface area (Å²) in [5, 5.41) is 11.5. The molecular formula is C15H25NO4. The van der Waals surface area contributed by atoms with Crippen LogP contribution in [-0.2, 0) is 9.53 Å². The maximum atomic E-state index is 11.6. The van der Waals surface area contributed by atoms with Crippen LogP contribution in [0.4, 0.5) is 4.79 Å². The molecule has 0 spiro atoms. The summed E-state index contributed by atoms with van der Waals surface area (Å²) < 4.78 is 5.06. The van der Waals surface area contributed by atoms with Crippen LogP contribution in [0.5, 0.6) is 0 Å². The predicted octanol–water partition coefficient (Wildman–Crippen LogP) is 3.10. The zero-order valence-electron chi connectivity index (χ0n) is 12.5. The molecule has 114 valence electrons. The fourth-order valence-electron chi connectivity index (χ4n) is 2.23. The fraction of sp³-hybridized carbons (Fsp3) is 0.733. The summed E-state index contributed by atoms with van der Waals surface area (Å²) in [5.74, 6) is -0.488. The zero-order chi connectivity index (χ0) is 15.2. The summed E-state index contributed by atoms with van der Waals surface area (Å²) in [6.45, 7) is 5.22. The number of nitrogens with one attached hydrogen (secondary N) is 1. The molecule has 1 saturated carbocycles. The Bertz CT molecular complexity index is 365. The highest BCUT2D eigenvalue weighted by Crippen LogP contribution is 2.25. The number of rotatable bonds is 5. The lowest BCUT2D eigenvalue weighted by atomic mass is 10.1. The topological polar surface area (TPSA) is 75.6 Å². The first-order valence-electron chi connectivity index (χ1n) is 7.17. The summed E-state index contributed by atoms with van der Waals surface area (Å²) in [6, 6.07) is -0.942. The van der Waals surface area contributed by atoms with E-state index < -0.39 is 23.7 Å². The van der Waals surface area contributed by atoms with Crippen molar-refractivity contribution < 1.29 is 19.4 Å². The van der Waals surface area contributed by atoms with E-state index in [9.17, 15) is 9.59 Å². The number of carboxylic acids is 1. The van der Waals surface area contributed by atoms with Crippen molar-refractivity contribution in [3.8, 4) is 0 Å². The number of carboxylic acid groups (broad SMARTS) is 1. The molecule has 0 aliphatic heterocycles. The molecule has 0 aromatic heterocycles. The summed E-state index contributed by atoms with van der Waals surface area (Å²) in [5.41, 5.74) is -0.632. The van der Waals surface area contributed by atoms with E-state index in [2.05, 4.69) is 11.4 Å². The number of hydrogen-bond donors (Lipinski definition) is 2. The van der Waals surface area contributed by atoms with E-state index in [1.807, 2.05) is 6.08 Å². The van der Waals surface area contributed by atoms with Crippen molar-refractivity contribution in [3.63, 3.8) is 0 Å². The minimum absolute atomic E-state index is 0.283. The second-order valence-corrected chi connectivity index (χ2v) is 6.25. The number of hydrogen-bond acceptors (Lipinski definition) is 3. The maximum absolute atomic E-state index is 11.6. The second kappa shape index (κ2) is 7.31. The van der Waals surface area contributed by atoms with E-state index in [1.54, 1.807) is 20.8 Å². The van der Waals surface area contributed by atoms with Crippen molar-refractivity contribution in [2.75, 3.05) is 0 Å². The minimum atomic E-state index is -1.05. The van der Waals surface area contributed by atoms with Crippen molar-refractivity contribution in [3.05, 3.63) is 12.2 Å². The van der Waals surface area contributed by atoms with Gasteiger partial charge in [0.1, 0.15) is 11.6 Å². The predicted molar refractivity (Wildman–Crippen MR) is 76.5 cm³/mol. The van der Waals surface area contributed by atoms with Gasteiger partial charge >= 0.3 is 12.1 Å². The average molecular weight is 283 g/mol. The summed E-state index contributed by atoms with van der Waals surface area (Å²) in [6.07, 6.45) is 8.35. The van der Waals surface area contributed by atoms with E-state index in [1.165, 1.54) is 25.7 Å². The van der Waals surface area contributed by atoms with Crippen LogP contribution in [0.3, 0.4) is 0 Å². The number of amides is 1. The molecular weight excluding hydrogens is 258 g/mol. The molecule has 0 aromatic rings. The Morgan fingerprint density at radius 3 is 2.45 bits per heavy atom. The number of ether oxygens (including phenoxy) is 1. The highest BCUT2D eigenvalue weighted by Gasteiger charge is 2.23. The molecule has 2 N–H and O–H groups in total. The van der Waals surface area contributed by atoms with Gasteiger partial charge in [-0.25, -0.2) is 9.59 Å². The van der Waals surface area contributed by atoms with Crippen LogP contribution in [0.2, 0.25) is 0 Å². The summed E-state index contributed by atoms with van der Waals surface area (Å²) in [7, 11) is 0. The molecule has 1 rings (SSSR count). The van der Waals surface area contributed by atoms with Crippen molar-refractivity contribution in [2.45, 2.75) is 64.5 Å². The number of carbonyl (C=O) groups excluding carboxylic acids is 1. The SMILES string of the molecule is CC(C)(C)OC(=O)N[C@@H](CC=CC1CCCC1)C(=O)O. The zero-order valence-corrected chi connectivity index (χ0v) is 12.5. The molecule has 1 aliphatic rings. The number of alkyl carbamates (subject to hydrolysis) is 1. The van der Waals surface area contributed by atoms with E-state index >= 15 is 0 Å². The normalized spacial score (nSPS) is 18.1. The highest BCUT2D eigenvalue weighted by molar-refractivity contribution is 5.80. The molecule has 0 unspecified atom stereocenters. The second-order valence-electron chi connectivity index (χ2n) is 6.25. The highest BCUT2D eigenvalue weighted by atomic mass is 16.6. The standard InChI is InChI=1S/C15H25NO4/c1-15(2,3)20-14(19)16-12(13(17)18)10-6-9-11-7-4-5-8-11/h6,9,11-12H,4-5,7-8,10H2,1-3H3,(H,16,19)(H,17,18)/t12-/m0/s1. The van der Waals surface area contributed by atoms with Gasteiger partial charge in [-0.05, 0) is 46.0 Å². The van der Waals surface area contributed by atoms with Gasteiger partial charge in [0.2, 0.25) is 0 Å². The van der Waals surface area contributed by atoms with Crippen molar-refractivity contribution >= 4 is 12.1 Å². The fourth-order valence-corrected chi connectivity index (χ4v) is 2.23. The first kappa shape index (κ1) is 16.5. The van der Waals surface area contributed by atoms with Crippen LogP contribution < -0.4 is 5.32 Å². The molecule has 0 bridgehead atoms. The van der Waals surface area contributed by atoms with Gasteiger partial charge in [0, 0.05) is 0 Å². The van der Waals surface area contributed by atoms with Gasteiger partial charge in [-0.2, -0.15) is 0 Å². The van der Waals surface area contributed by atoms with E-state index in [0.29, 0.717) is 5.92 Å². The molecule has 1 atom stereocenters. The molecule has 0 saturated heterocycles. The molecule has 5 nitrogen and oxygen atoms in total. The van der Waals surface area contributed by atoms with E-state index in [-0.39, 0.29) is 6.42 Å². The molecule has 20 heavy (non-hydrogen) atoms. The van der Waals surface area contributed by atoms with Gasteiger partial charge in [0.05, 0.1) is 0 Å². The molecule has 5 heteroatoms. The Morgan fingerprint density at radius 1 is 1.35 bits per heavy atom. The molecule has 1 aliphatic carbocycles. The minimum Gasteiger partial charge on any atom is -0.480 e. The lowest BCUT2D eigenvalue weighted by Gasteiger charge is -2.21. The molecule has 0 heterocycles. The Kier molecular flexibility index (Phi) is 6.05. The number of allylic oxidation sites excluding steroid dienone is 1. The third kappa shape index (κ3) is 6.59. The number of carbonyl (C=O) groups is 2. The monoisotopic (exact) mass is 283 g/mol. The molecule has 0 radical (unpaired) electrons. The van der Waals surface area contributed by atoms with Gasteiger partial charge in [0.15, 0.2) is 0 Å². The van der Waals surface area contributed by atoms with Crippen molar-refractivity contribution in [1.82, 2.24) is 5.32 Å². The summed E-state index contributed by atoms with van der Waals surface area (Å²) >= 11 is 0. The Morgan fingerprint density at radius 2 is 1.95 bits per heavy atom. The van der Waals surface area contributed by atoms with Gasteiger partial charge < -0.3 is 15.2 Å². The largest absolute Gasteiger partial charge is 0.480 e. The van der Waals surface area contributed by atoms with Crippen LogP contribution in [0.15, 0.2) is 12.2 Å². The first-order chi connectivity index (χ1) is 9.28. The Hall–Kier alpha value is -1.52. The maximum Gasteiger partial charge on any atom is 0.408 e. The van der Waals surface area contributed by atoms with Crippen LogP contribution in [0.25, 0.3) is 0 Å². The first-order valence-corrected chi connectivity index (χ1v) is 7.17. The van der Waals surface area contributed by atoms with Gasteiger partial charge in [0.25, 0.3) is 0 Å². The van der Waals surface area contributed by atoms with E-state index in [4.69, 9.17) is 9.84 Å². The molecule has 0 aromatic carbocycles. The lowest BCUT2D eigenvalue weighted by molar-refractivity contribution is -0.139. The van der Waals surface area contributed by atoms with Gasteiger partial charge in [-0.3, -0.25) is 0 Å². The molecule has 1 amide bonds.